The van der Waals surface area contributed by atoms with Crippen LogP contribution in [-0.4, -0.2) is 60.5 Å². The minimum absolute atomic E-state index is 0.110. The zero-order valence-corrected chi connectivity index (χ0v) is 9.75. The average molecular weight is 211 g/mol. The average Bonchev–Trinajstić information content (AvgIpc) is 2.05. The second-order valence-corrected chi connectivity index (χ2v) is 5.15. The Morgan fingerprint density at radius 2 is 2.07 bits per heavy atom. The van der Waals surface area contributed by atoms with E-state index in [2.05, 4.69) is 24.1 Å². The van der Waals surface area contributed by atoms with Gasteiger partial charge in [0.05, 0.1) is 6.54 Å². The standard InChI is InChI=1S/C11H21N3O/c1-11(2)9-12-4-7-14(11)8-10(15)13-5-3-6-13/h12H,3-9H2,1-2H3. The summed E-state index contributed by atoms with van der Waals surface area (Å²) in [6.45, 7) is 9.86. The van der Waals surface area contributed by atoms with Gasteiger partial charge in [-0.2, -0.15) is 0 Å². The first-order valence-corrected chi connectivity index (χ1v) is 5.83. The summed E-state index contributed by atoms with van der Waals surface area (Å²) >= 11 is 0. The molecule has 0 saturated carbocycles. The molecule has 2 heterocycles. The van der Waals surface area contributed by atoms with Crippen molar-refractivity contribution in [3.63, 3.8) is 0 Å². The molecular weight excluding hydrogens is 190 g/mol. The highest BCUT2D eigenvalue weighted by Crippen LogP contribution is 2.17. The van der Waals surface area contributed by atoms with Crippen LogP contribution in [0, 0.1) is 0 Å². The normalized spacial score (nSPS) is 26.1. The molecule has 2 saturated heterocycles. The van der Waals surface area contributed by atoms with E-state index in [0.717, 1.165) is 32.7 Å². The number of carbonyl (C=O) groups is 1. The summed E-state index contributed by atoms with van der Waals surface area (Å²) in [7, 11) is 0. The molecular formula is C11H21N3O. The number of hydrogen-bond donors (Lipinski definition) is 1. The molecule has 0 atom stereocenters. The van der Waals surface area contributed by atoms with E-state index in [9.17, 15) is 4.79 Å². The van der Waals surface area contributed by atoms with Gasteiger partial charge in [0.1, 0.15) is 0 Å². The van der Waals surface area contributed by atoms with Crippen LogP contribution >= 0.6 is 0 Å². The number of carbonyl (C=O) groups excluding carboxylic acids is 1. The smallest absolute Gasteiger partial charge is 0.236 e. The van der Waals surface area contributed by atoms with Gasteiger partial charge in [-0.3, -0.25) is 9.69 Å². The number of nitrogens with zero attached hydrogens (tertiary/aromatic N) is 2. The van der Waals surface area contributed by atoms with Crippen LogP contribution in [0.15, 0.2) is 0 Å². The molecule has 2 rings (SSSR count). The van der Waals surface area contributed by atoms with Gasteiger partial charge in [0.2, 0.25) is 5.91 Å². The Hall–Kier alpha value is -0.610. The third kappa shape index (κ3) is 2.32. The molecule has 0 aliphatic carbocycles. The van der Waals surface area contributed by atoms with Crippen LogP contribution in [0.5, 0.6) is 0 Å². The first-order valence-electron chi connectivity index (χ1n) is 5.83. The lowest BCUT2D eigenvalue weighted by atomic mass is 10.00. The van der Waals surface area contributed by atoms with Crippen molar-refractivity contribution in [3.8, 4) is 0 Å². The van der Waals surface area contributed by atoms with Crippen LogP contribution < -0.4 is 5.32 Å². The van der Waals surface area contributed by atoms with E-state index in [-0.39, 0.29) is 5.54 Å². The number of hydrogen-bond acceptors (Lipinski definition) is 3. The molecule has 0 aromatic heterocycles. The van der Waals surface area contributed by atoms with Gasteiger partial charge in [0, 0.05) is 38.3 Å². The maximum atomic E-state index is 11.8. The van der Waals surface area contributed by atoms with E-state index >= 15 is 0 Å². The zero-order chi connectivity index (χ0) is 10.9. The molecule has 0 unspecified atom stereocenters. The highest BCUT2D eigenvalue weighted by atomic mass is 16.2. The fraction of sp³-hybridized carbons (Fsp3) is 0.909. The number of amides is 1. The van der Waals surface area contributed by atoms with Crippen LogP contribution in [0.3, 0.4) is 0 Å². The van der Waals surface area contributed by atoms with Crippen molar-refractivity contribution in [1.82, 2.24) is 15.1 Å². The van der Waals surface area contributed by atoms with E-state index < -0.39 is 0 Å². The summed E-state index contributed by atoms with van der Waals surface area (Å²) in [6.07, 6.45) is 1.18. The molecule has 2 aliphatic rings. The molecule has 4 nitrogen and oxygen atoms in total. The number of likely N-dealkylation sites (tertiary alicyclic amines) is 1. The van der Waals surface area contributed by atoms with Crippen molar-refractivity contribution in [2.75, 3.05) is 39.3 Å². The lowest BCUT2D eigenvalue weighted by Gasteiger charge is -2.43. The molecule has 1 amide bonds. The third-order valence-electron chi connectivity index (χ3n) is 3.51. The van der Waals surface area contributed by atoms with E-state index in [1.54, 1.807) is 0 Å². The Labute approximate surface area is 91.6 Å². The van der Waals surface area contributed by atoms with E-state index in [1.165, 1.54) is 6.42 Å². The van der Waals surface area contributed by atoms with Crippen molar-refractivity contribution in [1.29, 1.82) is 0 Å². The maximum absolute atomic E-state index is 11.8. The molecule has 0 radical (unpaired) electrons. The minimum atomic E-state index is 0.110. The summed E-state index contributed by atoms with van der Waals surface area (Å²) in [5.74, 6) is 0.302. The second kappa shape index (κ2) is 4.10. The zero-order valence-electron chi connectivity index (χ0n) is 9.75. The molecule has 1 N–H and O–H groups in total. The number of piperazine rings is 1. The highest BCUT2D eigenvalue weighted by Gasteiger charge is 2.32. The maximum Gasteiger partial charge on any atom is 0.236 e. The molecule has 15 heavy (non-hydrogen) atoms. The Morgan fingerprint density at radius 1 is 1.33 bits per heavy atom. The quantitative estimate of drug-likeness (QED) is 0.693. The van der Waals surface area contributed by atoms with Crippen molar-refractivity contribution < 1.29 is 4.79 Å². The summed E-state index contributed by atoms with van der Waals surface area (Å²) in [5.41, 5.74) is 0.110. The van der Waals surface area contributed by atoms with Crippen LogP contribution in [0.4, 0.5) is 0 Å². The Kier molecular flexibility index (Phi) is 2.98. The van der Waals surface area contributed by atoms with Crippen LogP contribution in [0.25, 0.3) is 0 Å². The van der Waals surface area contributed by atoms with Crippen molar-refractivity contribution in [3.05, 3.63) is 0 Å². The van der Waals surface area contributed by atoms with Gasteiger partial charge in [0.25, 0.3) is 0 Å². The van der Waals surface area contributed by atoms with Gasteiger partial charge < -0.3 is 10.2 Å². The summed E-state index contributed by atoms with van der Waals surface area (Å²) < 4.78 is 0. The largest absolute Gasteiger partial charge is 0.341 e. The van der Waals surface area contributed by atoms with Crippen molar-refractivity contribution >= 4 is 5.91 Å². The Morgan fingerprint density at radius 3 is 2.60 bits per heavy atom. The van der Waals surface area contributed by atoms with Gasteiger partial charge in [-0.1, -0.05) is 0 Å². The summed E-state index contributed by atoms with van der Waals surface area (Å²) in [6, 6.07) is 0. The summed E-state index contributed by atoms with van der Waals surface area (Å²) in [5, 5.41) is 3.37. The van der Waals surface area contributed by atoms with Crippen LogP contribution in [0.1, 0.15) is 20.3 Å². The van der Waals surface area contributed by atoms with Gasteiger partial charge >= 0.3 is 0 Å². The first kappa shape index (κ1) is 10.9. The third-order valence-corrected chi connectivity index (χ3v) is 3.51. The minimum Gasteiger partial charge on any atom is -0.341 e. The van der Waals surface area contributed by atoms with Gasteiger partial charge in [0.15, 0.2) is 0 Å². The summed E-state index contributed by atoms with van der Waals surface area (Å²) in [4.78, 5) is 16.1. The molecule has 4 heteroatoms. The second-order valence-electron chi connectivity index (χ2n) is 5.15. The SMILES string of the molecule is CC1(C)CNCCN1CC(=O)N1CCC1. The predicted molar refractivity (Wildman–Crippen MR) is 59.7 cm³/mol. The molecule has 0 spiro atoms. The Balaban J connectivity index is 1.88. The fourth-order valence-corrected chi connectivity index (χ4v) is 2.14. The van der Waals surface area contributed by atoms with Gasteiger partial charge in [-0.15, -0.1) is 0 Å². The monoisotopic (exact) mass is 211 g/mol. The van der Waals surface area contributed by atoms with E-state index in [4.69, 9.17) is 0 Å². The number of rotatable bonds is 2. The van der Waals surface area contributed by atoms with E-state index in [1.807, 2.05) is 4.90 Å². The van der Waals surface area contributed by atoms with Crippen LogP contribution in [0.2, 0.25) is 0 Å². The molecule has 0 aromatic rings. The lowest BCUT2D eigenvalue weighted by Crippen LogP contribution is -2.60. The first-order chi connectivity index (χ1) is 7.09. The Bertz CT molecular complexity index is 248. The van der Waals surface area contributed by atoms with Crippen LogP contribution in [-0.2, 0) is 4.79 Å². The molecule has 2 aliphatic heterocycles. The lowest BCUT2D eigenvalue weighted by molar-refractivity contribution is -0.137. The number of nitrogens with one attached hydrogen (secondary N) is 1. The topological polar surface area (TPSA) is 35.6 Å². The molecule has 0 aromatic carbocycles. The fourth-order valence-electron chi connectivity index (χ4n) is 2.14. The molecule has 86 valence electrons. The molecule has 2 fully saturated rings. The van der Waals surface area contributed by atoms with Crippen molar-refractivity contribution in [2.45, 2.75) is 25.8 Å². The predicted octanol–water partition coefficient (Wildman–Crippen LogP) is -0.0975. The molecule has 0 bridgehead atoms. The van der Waals surface area contributed by atoms with E-state index in [0.29, 0.717) is 12.5 Å². The van der Waals surface area contributed by atoms with Gasteiger partial charge in [-0.05, 0) is 20.3 Å². The van der Waals surface area contributed by atoms with Gasteiger partial charge in [-0.25, -0.2) is 0 Å². The van der Waals surface area contributed by atoms with Crippen molar-refractivity contribution in [2.24, 2.45) is 0 Å². The highest BCUT2D eigenvalue weighted by molar-refractivity contribution is 5.79.